The van der Waals surface area contributed by atoms with Crippen LogP contribution < -0.4 is 19.1 Å². The van der Waals surface area contributed by atoms with Crippen LogP contribution in [0.3, 0.4) is 0 Å². The molecule has 0 aliphatic carbocycles. The van der Waals surface area contributed by atoms with Gasteiger partial charge >= 0.3 is 0 Å². The van der Waals surface area contributed by atoms with Crippen molar-refractivity contribution in [1.82, 2.24) is 4.98 Å². The second kappa shape index (κ2) is 8.03. The molecule has 0 atom stereocenters. The van der Waals surface area contributed by atoms with Crippen molar-refractivity contribution in [1.29, 1.82) is 0 Å². The molecule has 8 nitrogen and oxygen atoms in total. The zero-order chi connectivity index (χ0) is 21.1. The minimum atomic E-state index is -4.00. The summed E-state index contributed by atoms with van der Waals surface area (Å²) in [5.74, 6) is 0.613. The first kappa shape index (κ1) is 19.7. The number of hydrogen-bond donors (Lipinski definition) is 1. The maximum atomic E-state index is 13.2. The number of nitrogens with one attached hydrogen (secondary N) is 1. The summed E-state index contributed by atoms with van der Waals surface area (Å²) in [4.78, 5) is 16.6. The molecule has 1 N–H and O–H groups in total. The van der Waals surface area contributed by atoms with E-state index in [4.69, 9.17) is 9.47 Å². The normalized spacial score (nSPS) is 12.4. The Morgan fingerprint density at radius 1 is 1.10 bits per heavy atom. The monoisotopic (exact) mass is 425 g/mol. The van der Waals surface area contributed by atoms with Crippen molar-refractivity contribution in [3.8, 4) is 11.5 Å². The summed E-state index contributed by atoms with van der Waals surface area (Å²) in [6.45, 7) is 1.61. The van der Waals surface area contributed by atoms with E-state index in [-0.39, 0.29) is 11.7 Å². The molecular formula is C21H19N3O5S. The molecule has 0 spiro atoms. The number of aryl methyl sites for hydroxylation is 1. The molecule has 0 radical (unpaired) electrons. The van der Waals surface area contributed by atoms with E-state index >= 15 is 0 Å². The van der Waals surface area contributed by atoms with Crippen LogP contribution in [0.5, 0.6) is 11.5 Å². The Balaban J connectivity index is 1.61. The van der Waals surface area contributed by atoms with Gasteiger partial charge in [0.2, 0.25) is 12.7 Å². The number of ether oxygens (including phenoxy) is 2. The van der Waals surface area contributed by atoms with E-state index in [1.165, 1.54) is 24.5 Å². The molecule has 0 unspecified atom stereocenters. The molecule has 0 fully saturated rings. The van der Waals surface area contributed by atoms with Crippen molar-refractivity contribution < 1.29 is 22.7 Å². The Morgan fingerprint density at radius 3 is 2.60 bits per heavy atom. The Kier molecular flexibility index (Phi) is 5.28. The van der Waals surface area contributed by atoms with Crippen LogP contribution in [0.1, 0.15) is 5.56 Å². The third kappa shape index (κ3) is 4.06. The SMILES string of the molecule is Cc1ccc(N(CC(=O)Nc2ccc3c(c2)OCO3)S(=O)(=O)c2cccnc2)cc1. The average Bonchev–Trinajstić information content (AvgIpc) is 3.21. The smallest absolute Gasteiger partial charge is 0.266 e. The zero-order valence-corrected chi connectivity index (χ0v) is 16.9. The highest BCUT2D eigenvalue weighted by Gasteiger charge is 2.27. The lowest BCUT2D eigenvalue weighted by molar-refractivity contribution is -0.114. The quantitative estimate of drug-likeness (QED) is 0.652. The van der Waals surface area contributed by atoms with E-state index in [1.54, 1.807) is 42.5 Å². The van der Waals surface area contributed by atoms with Gasteiger partial charge in [-0.1, -0.05) is 17.7 Å². The standard InChI is InChI=1S/C21H19N3O5S/c1-15-4-7-17(8-5-15)24(30(26,27)18-3-2-10-22-12-18)13-21(25)23-16-6-9-19-20(11-16)29-14-28-19/h2-12H,13-14H2,1H3,(H,23,25). The van der Waals surface area contributed by atoms with E-state index < -0.39 is 22.5 Å². The molecule has 1 aromatic heterocycles. The van der Waals surface area contributed by atoms with Gasteiger partial charge < -0.3 is 14.8 Å². The first-order valence-electron chi connectivity index (χ1n) is 9.12. The topological polar surface area (TPSA) is 97.8 Å². The van der Waals surface area contributed by atoms with Gasteiger partial charge in [0.1, 0.15) is 11.4 Å². The number of benzene rings is 2. The van der Waals surface area contributed by atoms with Crippen LogP contribution in [0.15, 0.2) is 71.9 Å². The molecule has 1 aliphatic rings. The number of nitrogens with zero attached hydrogens (tertiary/aromatic N) is 2. The van der Waals surface area contributed by atoms with Crippen molar-refractivity contribution >= 4 is 27.3 Å². The highest BCUT2D eigenvalue weighted by Crippen LogP contribution is 2.34. The van der Waals surface area contributed by atoms with E-state index in [0.29, 0.717) is 22.9 Å². The van der Waals surface area contributed by atoms with Crippen LogP contribution in [0, 0.1) is 6.92 Å². The predicted octanol–water partition coefficient (Wildman–Crippen LogP) is 2.95. The molecule has 0 saturated heterocycles. The zero-order valence-electron chi connectivity index (χ0n) is 16.1. The first-order valence-corrected chi connectivity index (χ1v) is 10.6. The van der Waals surface area contributed by atoms with Gasteiger partial charge in [-0.05, 0) is 43.3 Å². The fraction of sp³-hybridized carbons (Fsp3) is 0.143. The lowest BCUT2D eigenvalue weighted by Gasteiger charge is -2.24. The summed E-state index contributed by atoms with van der Waals surface area (Å²) in [6.07, 6.45) is 2.74. The second-order valence-electron chi connectivity index (χ2n) is 6.65. The fourth-order valence-electron chi connectivity index (χ4n) is 2.96. The van der Waals surface area contributed by atoms with Crippen molar-refractivity contribution in [3.63, 3.8) is 0 Å². The van der Waals surface area contributed by atoms with Gasteiger partial charge in [-0.2, -0.15) is 0 Å². The van der Waals surface area contributed by atoms with Gasteiger partial charge in [-0.3, -0.25) is 14.1 Å². The summed E-state index contributed by atoms with van der Waals surface area (Å²) in [5.41, 5.74) is 1.83. The number of amides is 1. The van der Waals surface area contributed by atoms with Crippen LogP contribution in [0.2, 0.25) is 0 Å². The highest BCUT2D eigenvalue weighted by atomic mass is 32.2. The molecule has 1 amide bonds. The molecule has 30 heavy (non-hydrogen) atoms. The number of aromatic nitrogens is 1. The largest absolute Gasteiger partial charge is 0.454 e. The van der Waals surface area contributed by atoms with Crippen molar-refractivity contribution in [2.45, 2.75) is 11.8 Å². The van der Waals surface area contributed by atoms with Gasteiger partial charge in [0.15, 0.2) is 11.5 Å². The molecule has 0 saturated carbocycles. The Labute approximate surface area is 174 Å². The minimum Gasteiger partial charge on any atom is -0.454 e. The maximum absolute atomic E-state index is 13.2. The molecule has 4 rings (SSSR count). The third-order valence-corrected chi connectivity index (χ3v) is 6.25. The summed E-state index contributed by atoms with van der Waals surface area (Å²) >= 11 is 0. The second-order valence-corrected chi connectivity index (χ2v) is 8.51. The number of carbonyl (C=O) groups excluding carboxylic acids is 1. The molecular weight excluding hydrogens is 406 g/mol. The highest BCUT2D eigenvalue weighted by molar-refractivity contribution is 7.92. The van der Waals surface area contributed by atoms with Crippen LogP contribution in [-0.2, 0) is 14.8 Å². The average molecular weight is 425 g/mol. The van der Waals surface area contributed by atoms with Crippen molar-refractivity contribution in [2.75, 3.05) is 23.0 Å². The minimum absolute atomic E-state index is 0.00135. The lowest BCUT2D eigenvalue weighted by Crippen LogP contribution is -2.38. The van der Waals surface area contributed by atoms with Crippen LogP contribution in [-0.4, -0.2) is 32.6 Å². The van der Waals surface area contributed by atoms with Crippen molar-refractivity contribution in [2.24, 2.45) is 0 Å². The number of fused-ring (bicyclic) bond motifs is 1. The van der Waals surface area contributed by atoms with Crippen LogP contribution >= 0.6 is 0 Å². The summed E-state index contributed by atoms with van der Waals surface area (Å²) in [5, 5.41) is 2.71. The molecule has 2 aromatic carbocycles. The molecule has 154 valence electrons. The Morgan fingerprint density at radius 2 is 1.87 bits per heavy atom. The van der Waals surface area contributed by atoms with Gasteiger partial charge in [0.25, 0.3) is 10.0 Å². The molecule has 1 aliphatic heterocycles. The van der Waals surface area contributed by atoms with Crippen LogP contribution in [0.4, 0.5) is 11.4 Å². The predicted molar refractivity (Wildman–Crippen MR) is 111 cm³/mol. The number of pyridine rings is 1. The van der Waals surface area contributed by atoms with Gasteiger partial charge in [0, 0.05) is 24.1 Å². The molecule has 9 heteroatoms. The number of anilines is 2. The fourth-order valence-corrected chi connectivity index (χ4v) is 4.34. The first-order chi connectivity index (χ1) is 14.4. The van der Waals surface area contributed by atoms with E-state index in [1.807, 2.05) is 6.92 Å². The van der Waals surface area contributed by atoms with E-state index in [0.717, 1.165) is 9.87 Å². The van der Waals surface area contributed by atoms with E-state index in [9.17, 15) is 13.2 Å². The molecule has 3 aromatic rings. The van der Waals surface area contributed by atoms with E-state index in [2.05, 4.69) is 10.3 Å². The van der Waals surface area contributed by atoms with Gasteiger partial charge in [-0.15, -0.1) is 0 Å². The van der Waals surface area contributed by atoms with Gasteiger partial charge in [0.05, 0.1) is 5.69 Å². The Bertz CT molecular complexity index is 1170. The van der Waals surface area contributed by atoms with Gasteiger partial charge in [-0.25, -0.2) is 8.42 Å². The number of hydrogen-bond acceptors (Lipinski definition) is 6. The summed E-state index contributed by atoms with van der Waals surface area (Å²) < 4.78 is 38.1. The van der Waals surface area contributed by atoms with Crippen LogP contribution in [0.25, 0.3) is 0 Å². The maximum Gasteiger partial charge on any atom is 0.266 e. The number of rotatable bonds is 6. The Hall–Kier alpha value is -3.59. The molecule has 0 bridgehead atoms. The summed E-state index contributed by atoms with van der Waals surface area (Å²) in [7, 11) is -4.00. The number of carbonyl (C=O) groups is 1. The third-order valence-electron chi connectivity index (χ3n) is 4.49. The lowest BCUT2D eigenvalue weighted by atomic mass is 10.2. The molecule has 2 heterocycles. The summed E-state index contributed by atoms with van der Waals surface area (Å²) in [6, 6.07) is 14.9. The number of sulfonamides is 1. The van der Waals surface area contributed by atoms with Crippen molar-refractivity contribution in [3.05, 3.63) is 72.6 Å².